The molecule has 1 rings (SSSR count). The molecule has 1 aliphatic rings. The molecule has 0 aliphatic heterocycles. The highest BCUT2D eigenvalue weighted by Crippen LogP contribution is 2.14. The molecular formula is C11H19N3OS. The lowest BCUT2D eigenvalue weighted by Gasteiger charge is -2.14. The predicted molar refractivity (Wildman–Crippen MR) is 70.6 cm³/mol. The largest absolute Gasteiger partial charge is 0.383 e. The molecule has 0 aromatic heterocycles. The molecule has 0 radical (unpaired) electrons. The van der Waals surface area contributed by atoms with E-state index in [9.17, 15) is 0 Å². The summed E-state index contributed by atoms with van der Waals surface area (Å²) in [7, 11) is 1.67. The number of ether oxygens (including phenoxy) is 1. The van der Waals surface area contributed by atoms with E-state index in [1.165, 1.54) is 5.57 Å². The van der Waals surface area contributed by atoms with Gasteiger partial charge in [0.25, 0.3) is 0 Å². The van der Waals surface area contributed by atoms with Gasteiger partial charge in [0.05, 0.1) is 12.3 Å². The first kappa shape index (κ1) is 13.1. The molecule has 0 fully saturated rings. The van der Waals surface area contributed by atoms with Crippen molar-refractivity contribution in [3.63, 3.8) is 0 Å². The van der Waals surface area contributed by atoms with Crippen LogP contribution >= 0.6 is 12.2 Å². The predicted octanol–water partition coefficient (Wildman–Crippen LogP) is 1.58. The third kappa shape index (κ3) is 4.72. The van der Waals surface area contributed by atoms with Gasteiger partial charge in [-0.3, -0.25) is 5.43 Å². The highest BCUT2D eigenvalue weighted by molar-refractivity contribution is 7.80. The van der Waals surface area contributed by atoms with Crippen molar-refractivity contribution < 1.29 is 4.74 Å². The lowest BCUT2D eigenvalue weighted by Crippen LogP contribution is -2.40. The third-order valence-electron chi connectivity index (χ3n) is 2.28. The van der Waals surface area contributed by atoms with Crippen LogP contribution in [0.2, 0.25) is 0 Å². The fraction of sp³-hybridized carbons (Fsp3) is 0.636. The van der Waals surface area contributed by atoms with Crippen molar-refractivity contribution in [2.75, 3.05) is 13.7 Å². The van der Waals surface area contributed by atoms with Crippen molar-refractivity contribution in [1.82, 2.24) is 10.7 Å². The molecule has 90 valence electrons. The number of thiocarbonyl (C=S) groups is 1. The SMILES string of the molecule is COCC(C)NC(=S)N/N=C1\C=C(C)CC1. The van der Waals surface area contributed by atoms with Gasteiger partial charge in [-0.15, -0.1) is 0 Å². The summed E-state index contributed by atoms with van der Waals surface area (Å²) in [4.78, 5) is 0. The number of rotatable bonds is 4. The smallest absolute Gasteiger partial charge is 0.187 e. The van der Waals surface area contributed by atoms with Gasteiger partial charge in [0.15, 0.2) is 5.11 Å². The van der Waals surface area contributed by atoms with Crippen molar-refractivity contribution in [3.05, 3.63) is 11.6 Å². The summed E-state index contributed by atoms with van der Waals surface area (Å²) in [6, 6.07) is 0.186. The van der Waals surface area contributed by atoms with Crippen LogP contribution in [0.25, 0.3) is 0 Å². The van der Waals surface area contributed by atoms with E-state index in [0.29, 0.717) is 11.7 Å². The lowest BCUT2D eigenvalue weighted by atomic mass is 10.3. The molecule has 2 N–H and O–H groups in total. The van der Waals surface area contributed by atoms with Crippen LogP contribution in [0.4, 0.5) is 0 Å². The van der Waals surface area contributed by atoms with Gasteiger partial charge in [-0.1, -0.05) is 5.57 Å². The Hall–Kier alpha value is -0.940. The van der Waals surface area contributed by atoms with E-state index in [-0.39, 0.29) is 6.04 Å². The fourth-order valence-corrected chi connectivity index (χ4v) is 1.76. The van der Waals surface area contributed by atoms with Crippen molar-refractivity contribution in [2.45, 2.75) is 32.7 Å². The molecule has 0 aromatic rings. The number of methoxy groups -OCH3 is 1. The maximum atomic E-state index is 5.10. The molecule has 4 nitrogen and oxygen atoms in total. The molecule has 0 aromatic carbocycles. The first-order valence-electron chi connectivity index (χ1n) is 5.41. The van der Waals surface area contributed by atoms with E-state index >= 15 is 0 Å². The van der Waals surface area contributed by atoms with Crippen molar-refractivity contribution in [1.29, 1.82) is 0 Å². The van der Waals surface area contributed by atoms with Crippen LogP contribution < -0.4 is 10.7 Å². The second-order valence-electron chi connectivity index (χ2n) is 4.04. The minimum absolute atomic E-state index is 0.186. The zero-order valence-electron chi connectivity index (χ0n) is 10.0. The maximum absolute atomic E-state index is 5.10. The molecule has 0 saturated heterocycles. The molecule has 0 saturated carbocycles. The number of nitrogens with one attached hydrogen (secondary N) is 2. The van der Waals surface area contributed by atoms with E-state index in [1.807, 2.05) is 6.92 Å². The summed E-state index contributed by atoms with van der Waals surface area (Å²) in [5.41, 5.74) is 5.27. The van der Waals surface area contributed by atoms with Gasteiger partial charge < -0.3 is 10.1 Å². The van der Waals surface area contributed by atoms with Crippen LogP contribution in [0, 0.1) is 0 Å². The van der Waals surface area contributed by atoms with Crippen LogP contribution in [0.5, 0.6) is 0 Å². The molecule has 0 bridgehead atoms. The Morgan fingerprint density at radius 3 is 2.94 bits per heavy atom. The minimum Gasteiger partial charge on any atom is -0.383 e. The quantitative estimate of drug-likeness (QED) is 0.579. The zero-order chi connectivity index (χ0) is 12.0. The van der Waals surface area contributed by atoms with E-state index in [2.05, 4.69) is 28.8 Å². The number of hydrogen-bond donors (Lipinski definition) is 2. The van der Waals surface area contributed by atoms with E-state index in [4.69, 9.17) is 17.0 Å². The maximum Gasteiger partial charge on any atom is 0.187 e. The van der Waals surface area contributed by atoms with E-state index in [0.717, 1.165) is 18.6 Å². The van der Waals surface area contributed by atoms with Gasteiger partial charge in [0.2, 0.25) is 0 Å². The summed E-state index contributed by atoms with van der Waals surface area (Å²) in [6.07, 6.45) is 4.18. The number of nitrogens with zero attached hydrogens (tertiary/aromatic N) is 1. The van der Waals surface area contributed by atoms with E-state index < -0.39 is 0 Å². The summed E-state index contributed by atoms with van der Waals surface area (Å²) in [6.45, 7) is 4.74. The van der Waals surface area contributed by atoms with Gasteiger partial charge in [-0.05, 0) is 45.0 Å². The van der Waals surface area contributed by atoms with Gasteiger partial charge in [0, 0.05) is 13.2 Å². The topological polar surface area (TPSA) is 45.6 Å². The summed E-state index contributed by atoms with van der Waals surface area (Å²) >= 11 is 5.10. The Morgan fingerprint density at radius 1 is 1.62 bits per heavy atom. The molecule has 1 unspecified atom stereocenters. The van der Waals surface area contributed by atoms with Crippen LogP contribution in [-0.2, 0) is 4.74 Å². The molecule has 0 heterocycles. The van der Waals surface area contributed by atoms with Gasteiger partial charge >= 0.3 is 0 Å². The van der Waals surface area contributed by atoms with Crippen LogP contribution in [-0.4, -0.2) is 30.6 Å². The average Bonchev–Trinajstić information content (AvgIpc) is 2.61. The Balaban J connectivity index is 2.30. The second-order valence-corrected chi connectivity index (χ2v) is 4.44. The van der Waals surface area contributed by atoms with Crippen LogP contribution in [0.3, 0.4) is 0 Å². The third-order valence-corrected chi connectivity index (χ3v) is 2.49. The Kier molecular flexibility index (Phi) is 5.42. The molecule has 0 spiro atoms. The van der Waals surface area contributed by atoms with Crippen molar-refractivity contribution in [2.24, 2.45) is 5.10 Å². The molecule has 16 heavy (non-hydrogen) atoms. The number of allylic oxidation sites excluding steroid dienone is 2. The summed E-state index contributed by atoms with van der Waals surface area (Å²) in [5.74, 6) is 0. The first-order valence-corrected chi connectivity index (χ1v) is 5.82. The van der Waals surface area contributed by atoms with Crippen LogP contribution in [0.15, 0.2) is 16.8 Å². The lowest BCUT2D eigenvalue weighted by molar-refractivity contribution is 0.179. The van der Waals surface area contributed by atoms with Gasteiger partial charge in [-0.2, -0.15) is 5.10 Å². The molecule has 5 heteroatoms. The molecule has 1 atom stereocenters. The van der Waals surface area contributed by atoms with Gasteiger partial charge in [-0.25, -0.2) is 0 Å². The first-order chi connectivity index (χ1) is 7.61. The minimum atomic E-state index is 0.186. The zero-order valence-corrected chi connectivity index (χ0v) is 10.9. The standard InChI is InChI=1S/C11H19N3OS/c1-8-4-5-10(6-8)13-14-11(16)12-9(2)7-15-3/h6,9H,4-5,7H2,1-3H3,(H2,12,14,16)/b13-10-. The highest BCUT2D eigenvalue weighted by atomic mass is 32.1. The van der Waals surface area contributed by atoms with Crippen molar-refractivity contribution >= 4 is 23.0 Å². The number of hydrogen-bond acceptors (Lipinski definition) is 3. The summed E-state index contributed by atoms with van der Waals surface area (Å²) < 4.78 is 5.00. The fourth-order valence-electron chi connectivity index (χ4n) is 1.51. The summed E-state index contributed by atoms with van der Waals surface area (Å²) in [5, 5.41) is 7.85. The normalized spacial score (nSPS) is 19.4. The van der Waals surface area contributed by atoms with E-state index in [1.54, 1.807) is 7.11 Å². The monoisotopic (exact) mass is 241 g/mol. The second kappa shape index (κ2) is 6.60. The Morgan fingerprint density at radius 2 is 2.38 bits per heavy atom. The van der Waals surface area contributed by atoms with Gasteiger partial charge in [0.1, 0.15) is 0 Å². The Labute approximate surface area is 102 Å². The molecule has 1 aliphatic carbocycles. The molecular weight excluding hydrogens is 222 g/mol. The highest BCUT2D eigenvalue weighted by Gasteiger charge is 2.07. The van der Waals surface area contributed by atoms with Crippen molar-refractivity contribution in [3.8, 4) is 0 Å². The van der Waals surface area contributed by atoms with Crippen LogP contribution in [0.1, 0.15) is 26.7 Å². The molecule has 0 amide bonds. The Bertz CT molecular complexity index is 312. The number of hydrazone groups is 1. The average molecular weight is 241 g/mol.